The first-order valence-corrected chi connectivity index (χ1v) is 9.63. The van der Waals surface area contributed by atoms with Crippen LogP contribution in [0.3, 0.4) is 0 Å². The molecule has 9 heteroatoms. The lowest BCUT2D eigenvalue weighted by molar-refractivity contribution is -0.106. The van der Waals surface area contributed by atoms with Crippen molar-refractivity contribution in [3.8, 4) is 5.75 Å². The maximum atomic E-state index is 12.9. The van der Waals surface area contributed by atoms with Gasteiger partial charge in [0.1, 0.15) is 18.5 Å². The van der Waals surface area contributed by atoms with Crippen molar-refractivity contribution >= 4 is 15.7 Å². The van der Waals surface area contributed by atoms with Gasteiger partial charge in [0.25, 0.3) is 0 Å². The van der Waals surface area contributed by atoms with Crippen LogP contribution in [0.5, 0.6) is 5.75 Å². The van der Waals surface area contributed by atoms with Crippen LogP contribution in [0.2, 0.25) is 0 Å². The summed E-state index contributed by atoms with van der Waals surface area (Å²) in [4.78, 5) is 0. The van der Waals surface area contributed by atoms with Crippen LogP contribution in [0.4, 0.5) is 18.9 Å². The zero-order chi connectivity index (χ0) is 19.6. The molecule has 1 aromatic rings. The van der Waals surface area contributed by atoms with Crippen LogP contribution in [-0.4, -0.2) is 39.5 Å². The first-order chi connectivity index (χ1) is 12.0. The topological polar surface area (TPSA) is 69.4 Å². The zero-order valence-electron chi connectivity index (χ0n) is 14.5. The van der Waals surface area contributed by atoms with Gasteiger partial charge in [-0.3, -0.25) is 0 Å². The summed E-state index contributed by atoms with van der Waals surface area (Å²) in [5, 5.41) is 0. The lowest BCUT2D eigenvalue weighted by Crippen LogP contribution is -2.54. The summed E-state index contributed by atoms with van der Waals surface area (Å²) >= 11 is 0. The summed E-state index contributed by atoms with van der Waals surface area (Å²) in [5.74, 6) is -1.55. The smallest absolute Gasteiger partial charge is 0.408 e. The van der Waals surface area contributed by atoms with Crippen LogP contribution in [0.15, 0.2) is 48.2 Å². The highest BCUT2D eigenvalue weighted by molar-refractivity contribution is 7.91. The van der Waals surface area contributed by atoms with Gasteiger partial charge in [0, 0.05) is 24.3 Å². The molecule has 0 bridgehead atoms. The molecule has 0 spiro atoms. The molecule has 26 heavy (non-hydrogen) atoms. The molecule has 0 radical (unpaired) electrons. The molecule has 0 amide bonds. The number of ether oxygens (including phenoxy) is 1. The third kappa shape index (κ3) is 4.46. The Morgan fingerprint density at radius 2 is 2.00 bits per heavy atom. The van der Waals surface area contributed by atoms with Gasteiger partial charge < -0.3 is 10.5 Å². The van der Waals surface area contributed by atoms with Gasteiger partial charge in [-0.25, -0.2) is 0 Å². The number of halogens is 3. The second-order valence-electron chi connectivity index (χ2n) is 6.29. The molecule has 1 heterocycles. The van der Waals surface area contributed by atoms with Crippen molar-refractivity contribution in [2.75, 3.05) is 18.8 Å². The van der Waals surface area contributed by atoms with E-state index in [1.165, 1.54) is 24.4 Å². The van der Waals surface area contributed by atoms with E-state index in [0.29, 0.717) is 11.3 Å². The summed E-state index contributed by atoms with van der Waals surface area (Å²) in [5.41, 5.74) is 6.21. The Balaban J connectivity index is 2.63. The lowest BCUT2D eigenvalue weighted by atomic mass is 10.2. The molecule has 2 rings (SSSR count). The molecule has 1 unspecified atom stereocenters. The van der Waals surface area contributed by atoms with Crippen LogP contribution in [0.25, 0.3) is 0 Å². The zero-order valence-corrected chi connectivity index (χ0v) is 15.3. The number of benzene rings is 1. The second kappa shape index (κ2) is 7.42. The van der Waals surface area contributed by atoms with Crippen molar-refractivity contribution in [2.24, 2.45) is 5.73 Å². The average molecular weight is 391 g/mol. The van der Waals surface area contributed by atoms with Gasteiger partial charge in [-0.1, -0.05) is 12.1 Å². The quantitative estimate of drug-likeness (QED) is 0.757. The Hall–Kier alpha value is -1.84. The number of nitrogens with two attached hydrogens (primary N) is 1. The molecular weight excluding hydrogens is 369 g/mol. The van der Waals surface area contributed by atoms with Gasteiger partial charge in [-0.2, -0.15) is 25.5 Å². The second-order valence-corrected chi connectivity index (χ2v) is 8.40. The van der Waals surface area contributed by atoms with E-state index in [0.717, 1.165) is 0 Å². The number of rotatable bonds is 6. The van der Waals surface area contributed by atoms with E-state index in [1.807, 2.05) is 0 Å². The third-order valence-corrected chi connectivity index (χ3v) is 5.94. The molecule has 1 aliphatic rings. The maximum Gasteiger partial charge on any atom is 0.408 e. The van der Waals surface area contributed by atoms with Gasteiger partial charge in [-0.15, -0.1) is 0 Å². The molecule has 1 aromatic carbocycles. The molecule has 0 aliphatic carbocycles. The van der Waals surface area contributed by atoms with E-state index in [9.17, 15) is 21.6 Å². The minimum Gasteiger partial charge on any atom is -0.491 e. The molecule has 0 saturated heterocycles. The first kappa shape index (κ1) is 20.5. The van der Waals surface area contributed by atoms with Crippen LogP contribution in [0, 0.1) is 0 Å². The number of nitrogens with zero attached hydrogens (tertiary/aromatic N) is 1. The molecule has 0 saturated carbocycles. The Morgan fingerprint density at radius 1 is 1.31 bits per heavy atom. The van der Waals surface area contributed by atoms with Crippen LogP contribution >= 0.6 is 0 Å². The molecule has 0 aromatic heterocycles. The predicted molar refractivity (Wildman–Crippen MR) is 95.0 cm³/mol. The minimum atomic E-state index is -4.85. The number of hydrogen-bond acceptors (Lipinski definition) is 4. The molecule has 2 N–H and O–H groups in total. The fourth-order valence-corrected chi connectivity index (χ4v) is 4.45. The van der Waals surface area contributed by atoms with E-state index >= 15 is 0 Å². The molecule has 144 valence electrons. The highest BCUT2D eigenvalue weighted by Gasteiger charge is 2.50. The van der Waals surface area contributed by atoms with E-state index in [4.69, 9.17) is 10.5 Å². The van der Waals surface area contributed by atoms with E-state index < -0.39 is 25.8 Å². The molecule has 1 atom stereocenters. The van der Waals surface area contributed by atoms with Crippen molar-refractivity contribution in [1.82, 2.24) is 3.89 Å². The monoisotopic (exact) mass is 391 g/mol. The third-order valence-electron chi connectivity index (χ3n) is 3.79. The number of hydrogen-bond donors (Lipinski definition) is 1. The van der Waals surface area contributed by atoms with Crippen LogP contribution in [0.1, 0.15) is 13.8 Å². The summed E-state index contributed by atoms with van der Waals surface area (Å²) in [7, 11) is -4.67. The molecule has 5 nitrogen and oxygen atoms in total. The maximum absolute atomic E-state index is 12.9. The summed E-state index contributed by atoms with van der Waals surface area (Å²) < 4.78 is 69.0. The van der Waals surface area contributed by atoms with Gasteiger partial charge in [0.15, 0.2) is 11.4 Å². The number of sulfonamides is 1. The van der Waals surface area contributed by atoms with Crippen LogP contribution in [-0.2, 0) is 10.0 Å². The number of quaternary nitrogens is 1. The summed E-state index contributed by atoms with van der Waals surface area (Å²) in [6, 6.07) is 6.12. The van der Waals surface area contributed by atoms with Crippen LogP contribution < -0.4 is 14.4 Å². The Morgan fingerprint density at radius 3 is 2.58 bits per heavy atom. The van der Waals surface area contributed by atoms with Gasteiger partial charge >= 0.3 is 16.2 Å². The first-order valence-electron chi connectivity index (χ1n) is 8.02. The van der Waals surface area contributed by atoms with Gasteiger partial charge in [0.05, 0.1) is 6.10 Å². The fraction of sp³-hybridized carbons (Fsp3) is 0.412. The standard InChI is InChI=1S/C17H22F3N2O3S/c1-13(2)25-16-7-3-6-15(9-16)22(8-4-5-14(10-21)11-22)26(23,24)12-17(18,19)20/h3-7,9,11,13H,8,10,12,21H2,1-2H3/q+1. The normalized spacial score (nSPS) is 21.0. The Bertz CT molecular complexity index is 817. The van der Waals surface area contributed by atoms with Crippen molar-refractivity contribution in [3.63, 3.8) is 0 Å². The van der Waals surface area contributed by atoms with E-state index in [1.54, 1.807) is 32.1 Å². The van der Waals surface area contributed by atoms with Gasteiger partial charge in [-0.05, 0) is 26.0 Å². The van der Waals surface area contributed by atoms with Crippen molar-refractivity contribution in [3.05, 3.63) is 48.2 Å². The SMILES string of the molecule is CC(C)Oc1cccc([N+]2(S(=O)(=O)CC(F)(F)F)C=C(CN)C=CC2)c1. The summed E-state index contributed by atoms with van der Waals surface area (Å²) in [6.07, 6.45) is -0.606. The predicted octanol–water partition coefficient (Wildman–Crippen LogP) is 3.09. The molecule has 0 fully saturated rings. The lowest BCUT2D eigenvalue weighted by Gasteiger charge is -2.34. The highest BCUT2D eigenvalue weighted by atomic mass is 32.2. The minimum absolute atomic E-state index is 0.0141. The fourth-order valence-electron chi connectivity index (χ4n) is 2.77. The largest absolute Gasteiger partial charge is 0.491 e. The van der Waals surface area contributed by atoms with Crippen molar-refractivity contribution in [1.29, 1.82) is 0 Å². The van der Waals surface area contributed by atoms with E-state index in [2.05, 4.69) is 0 Å². The Labute approximate surface area is 151 Å². The van der Waals surface area contributed by atoms with Gasteiger partial charge in [0.2, 0.25) is 0 Å². The average Bonchev–Trinajstić information content (AvgIpc) is 2.52. The van der Waals surface area contributed by atoms with Crippen molar-refractivity contribution in [2.45, 2.75) is 26.1 Å². The number of alkyl halides is 3. The highest BCUT2D eigenvalue weighted by Crippen LogP contribution is 2.36. The molecule has 1 aliphatic heterocycles. The Kier molecular flexibility index (Phi) is 5.84. The summed E-state index contributed by atoms with van der Waals surface area (Å²) in [6.45, 7) is 3.45. The van der Waals surface area contributed by atoms with E-state index in [-0.39, 0.29) is 24.9 Å². The van der Waals surface area contributed by atoms with Crippen molar-refractivity contribution < 1.29 is 26.3 Å². The molecular formula is C17H22F3N2O3S+.